The number of Topliss-reactive ketones (excluding diaryl/α,β-unsaturated/α-hetero) is 2. The average molecular weight is 223 g/mol. The summed E-state index contributed by atoms with van der Waals surface area (Å²) in [4.78, 5) is 25.5. The van der Waals surface area contributed by atoms with E-state index >= 15 is 0 Å². The first-order chi connectivity index (χ1) is 7.51. The normalized spacial score (nSPS) is 26.7. The van der Waals surface area contributed by atoms with Crippen molar-refractivity contribution in [1.29, 1.82) is 0 Å². The van der Waals surface area contributed by atoms with Gasteiger partial charge in [0.05, 0.1) is 6.42 Å². The highest BCUT2D eigenvalue weighted by Crippen LogP contribution is 2.42. The molecule has 0 aromatic heterocycles. The second-order valence-electron chi connectivity index (χ2n) is 5.74. The van der Waals surface area contributed by atoms with Gasteiger partial charge in [-0.3, -0.25) is 9.59 Å². The Labute approximate surface area is 97.2 Å². The van der Waals surface area contributed by atoms with Gasteiger partial charge in [0.2, 0.25) is 0 Å². The molecule has 2 aliphatic rings. The molecule has 0 amide bonds. The Bertz CT molecular complexity index is 283. The lowest BCUT2D eigenvalue weighted by Crippen LogP contribution is -2.46. The number of hydrogen-bond acceptors (Lipinski definition) is 3. The molecule has 1 spiro atoms. The fourth-order valence-electron chi connectivity index (χ4n) is 3.11. The van der Waals surface area contributed by atoms with Crippen LogP contribution in [0.4, 0.5) is 0 Å². The summed E-state index contributed by atoms with van der Waals surface area (Å²) < 4.78 is 0. The van der Waals surface area contributed by atoms with E-state index in [9.17, 15) is 9.59 Å². The Morgan fingerprint density at radius 2 is 1.56 bits per heavy atom. The summed E-state index contributed by atoms with van der Waals surface area (Å²) in [5.74, 6) is 0.323. The number of carbonyl (C=O) groups excluding carboxylic acids is 2. The lowest BCUT2D eigenvalue weighted by atomic mass is 9.67. The summed E-state index contributed by atoms with van der Waals surface area (Å²) in [6.45, 7) is 6.49. The zero-order valence-electron chi connectivity index (χ0n) is 10.3. The molecule has 3 heteroatoms. The molecule has 0 aromatic carbocycles. The summed E-state index contributed by atoms with van der Waals surface area (Å²) in [7, 11) is 0. The molecule has 2 fully saturated rings. The van der Waals surface area contributed by atoms with Gasteiger partial charge in [-0.1, -0.05) is 0 Å². The lowest BCUT2D eigenvalue weighted by Gasteiger charge is -2.44. The second kappa shape index (κ2) is 4.28. The van der Waals surface area contributed by atoms with Crippen LogP contribution in [-0.2, 0) is 9.59 Å². The largest absolute Gasteiger partial charge is 0.301 e. The van der Waals surface area contributed by atoms with Gasteiger partial charge in [0.1, 0.15) is 11.6 Å². The summed E-state index contributed by atoms with van der Waals surface area (Å²) in [6, 6.07) is 0.576. The zero-order valence-corrected chi connectivity index (χ0v) is 10.3. The van der Waals surface area contributed by atoms with Gasteiger partial charge < -0.3 is 4.90 Å². The molecule has 0 N–H and O–H groups in total. The van der Waals surface area contributed by atoms with Crippen molar-refractivity contribution in [2.24, 2.45) is 5.41 Å². The third-order valence-electron chi connectivity index (χ3n) is 4.13. The van der Waals surface area contributed by atoms with Crippen LogP contribution in [0.1, 0.15) is 46.0 Å². The minimum absolute atomic E-state index is 0.0256. The van der Waals surface area contributed by atoms with E-state index in [-0.39, 0.29) is 23.4 Å². The molecule has 1 saturated carbocycles. The summed E-state index contributed by atoms with van der Waals surface area (Å²) in [6.07, 6.45) is 3.51. The van der Waals surface area contributed by atoms with E-state index in [1.54, 1.807) is 0 Å². The van der Waals surface area contributed by atoms with Crippen LogP contribution in [0.25, 0.3) is 0 Å². The van der Waals surface area contributed by atoms with Gasteiger partial charge in [-0.15, -0.1) is 0 Å². The Kier molecular flexibility index (Phi) is 3.15. The molecule has 0 bridgehead atoms. The molecule has 0 unspecified atom stereocenters. The molecule has 3 nitrogen and oxygen atoms in total. The maximum absolute atomic E-state index is 11.5. The monoisotopic (exact) mass is 223 g/mol. The first kappa shape index (κ1) is 11.8. The van der Waals surface area contributed by atoms with E-state index in [1.165, 1.54) is 0 Å². The third kappa shape index (κ3) is 2.34. The van der Waals surface area contributed by atoms with Crippen LogP contribution in [0.3, 0.4) is 0 Å². The maximum Gasteiger partial charge on any atom is 0.140 e. The standard InChI is InChI=1S/C13H21NO2/c1-10(2)14-5-3-13(4-6-14)8-11(15)7-12(16)9-13/h10H,3-9H2,1-2H3. The van der Waals surface area contributed by atoms with E-state index in [0.29, 0.717) is 18.9 Å². The molecule has 0 radical (unpaired) electrons. The Morgan fingerprint density at radius 1 is 1.06 bits per heavy atom. The smallest absolute Gasteiger partial charge is 0.140 e. The Hall–Kier alpha value is -0.700. The summed E-state index contributed by atoms with van der Waals surface area (Å²) in [5.41, 5.74) is 0.0256. The van der Waals surface area contributed by atoms with Crippen molar-refractivity contribution in [3.05, 3.63) is 0 Å². The van der Waals surface area contributed by atoms with Gasteiger partial charge in [-0.25, -0.2) is 0 Å². The number of hydrogen-bond donors (Lipinski definition) is 0. The van der Waals surface area contributed by atoms with Crippen LogP contribution in [0, 0.1) is 5.41 Å². The third-order valence-corrected chi connectivity index (χ3v) is 4.13. The Morgan fingerprint density at radius 3 is 2.00 bits per heavy atom. The summed E-state index contributed by atoms with van der Waals surface area (Å²) in [5, 5.41) is 0. The van der Waals surface area contributed by atoms with Gasteiger partial charge in [0.25, 0.3) is 0 Å². The number of rotatable bonds is 1. The zero-order chi connectivity index (χ0) is 11.8. The predicted molar refractivity (Wildman–Crippen MR) is 62.2 cm³/mol. The first-order valence-electron chi connectivity index (χ1n) is 6.28. The molecule has 0 aromatic rings. The second-order valence-corrected chi connectivity index (χ2v) is 5.74. The summed E-state index contributed by atoms with van der Waals surface area (Å²) >= 11 is 0. The van der Waals surface area contributed by atoms with Crippen LogP contribution in [0.2, 0.25) is 0 Å². The van der Waals surface area contributed by atoms with Crippen molar-refractivity contribution in [2.45, 2.75) is 52.0 Å². The first-order valence-corrected chi connectivity index (χ1v) is 6.28. The molecule has 90 valence electrons. The van der Waals surface area contributed by atoms with Crippen molar-refractivity contribution in [1.82, 2.24) is 4.90 Å². The number of piperidine rings is 1. The van der Waals surface area contributed by atoms with Crippen molar-refractivity contribution < 1.29 is 9.59 Å². The predicted octanol–water partition coefficient (Wildman–Crippen LogP) is 1.80. The quantitative estimate of drug-likeness (QED) is 0.636. The van der Waals surface area contributed by atoms with Crippen molar-refractivity contribution in [3.63, 3.8) is 0 Å². The van der Waals surface area contributed by atoms with Crippen molar-refractivity contribution >= 4 is 11.6 Å². The highest BCUT2D eigenvalue weighted by atomic mass is 16.1. The molecular formula is C13H21NO2. The average Bonchev–Trinajstić information content (AvgIpc) is 2.16. The van der Waals surface area contributed by atoms with E-state index < -0.39 is 0 Å². The number of ketones is 2. The van der Waals surface area contributed by atoms with Crippen LogP contribution in [0.5, 0.6) is 0 Å². The highest BCUT2D eigenvalue weighted by Gasteiger charge is 2.41. The van der Waals surface area contributed by atoms with Gasteiger partial charge in [-0.2, -0.15) is 0 Å². The Balaban J connectivity index is 2.00. The van der Waals surface area contributed by atoms with Crippen molar-refractivity contribution in [2.75, 3.05) is 13.1 Å². The molecule has 1 aliphatic heterocycles. The molecular weight excluding hydrogens is 202 g/mol. The topological polar surface area (TPSA) is 37.4 Å². The number of carbonyl (C=O) groups is 2. The van der Waals surface area contributed by atoms with Crippen LogP contribution < -0.4 is 0 Å². The lowest BCUT2D eigenvalue weighted by molar-refractivity contribution is -0.135. The minimum Gasteiger partial charge on any atom is -0.301 e. The SMILES string of the molecule is CC(C)N1CCC2(CC1)CC(=O)CC(=O)C2. The maximum atomic E-state index is 11.5. The molecule has 1 heterocycles. The minimum atomic E-state index is 0.0256. The van der Waals surface area contributed by atoms with E-state index in [2.05, 4.69) is 18.7 Å². The van der Waals surface area contributed by atoms with E-state index in [4.69, 9.17) is 0 Å². The highest BCUT2D eigenvalue weighted by molar-refractivity contribution is 6.02. The molecule has 1 saturated heterocycles. The van der Waals surface area contributed by atoms with E-state index in [0.717, 1.165) is 25.9 Å². The fraction of sp³-hybridized carbons (Fsp3) is 0.846. The molecule has 1 aliphatic carbocycles. The van der Waals surface area contributed by atoms with Crippen molar-refractivity contribution in [3.8, 4) is 0 Å². The van der Waals surface area contributed by atoms with Crippen LogP contribution >= 0.6 is 0 Å². The van der Waals surface area contributed by atoms with Gasteiger partial charge in [-0.05, 0) is 45.2 Å². The number of nitrogens with zero attached hydrogens (tertiary/aromatic N) is 1. The van der Waals surface area contributed by atoms with Gasteiger partial charge >= 0.3 is 0 Å². The number of likely N-dealkylation sites (tertiary alicyclic amines) is 1. The van der Waals surface area contributed by atoms with Gasteiger partial charge in [0, 0.05) is 18.9 Å². The van der Waals surface area contributed by atoms with Crippen LogP contribution in [-0.4, -0.2) is 35.6 Å². The van der Waals surface area contributed by atoms with E-state index in [1.807, 2.05) is 0 Å². The van der Waals surface area contributed by atoms with Gasteiger partial charge in [0.15, 0.2) is 0 Å². The van der Waals surface area contributed by atoms with Crippen LogP contribution in [0.15, 0.2) is 0 Å². The molecule has 0 atom stereocenters. The fourth-order valence-corrected chi connectivity index (χ4v) is 3.11. The molecule has 2 rings (SSSR count). The molecule has 16 heavy (non-hydrogen) atoms.